The van der Waals surface area contributed by atoms with Crippen LogP contribution in [-0.4, -0.2) is 22.8 Å². The summed E-state index contributed by atoms with van der Waals surface area (Å²) in [5.41, 5.74) is 0.816. The molecule has 0 aliphatic carbocycles. The molecule has 0 bridgehead atoms. The predicted molar refractivity (Wildman–Crippen MR) is 81.1 cm³/mol. The monoisotopic (exact) mass is 342 g/mol. The van der Waals surface area contributed by atoms with E-state index in [-0.39, 0.29) is 10.2 Å². The molecule has 1 unspecified atom stereocenters. The second-order valence-electron chi connectivity index (χ2n) is 4.39. The fourth-order valence-electron chi connectivity index (χ4n) is 1.99. The van der Waals surface area contributed by atoms with Crippen LogP contribution < -0.4 is 4.72 Å². The summed E-state index contributed by atoms with van der Waals surface area (Å²) in [6.45, 7) is 1.76. The van der Waals surface area contributed by atoms with Crippen molar-refractivity contribution in [1.82, 2.24) is 19.1 Å². The first-order valence-corrected chi connectivity index (χ1v) is 8.76. The molecule has 3 heterocycles. The first-order valence-electron chi connectivity index (χ1n) is 6.02. The van der Waals surface area contributed by atoms with Gasteiger partial charge in [-0.25, -0.2) is 18.1 Å². The van der Waals surface area contributed by atoms with Crippen molar-refractivity contribution in [3.63, 3.8) is 0 Å². The number of sulfonamides is 1. The number of pyridine rings is 1. The highest BCUT2D eigenvalue weighted by molar-refractivity contribution is 7.89. The number of nitrogens with one attached hydrogen (secondary N) is 1. The molecule has 21 heavy (non-hydrogen) atoms. The van der Waals surface area contributed by atoms with Crippen LogP contribution >= 0.6 is 22.9 Å². The van der Waals surface area contributed by atoms with E-state index in [4.69, 9.17) is 11.6 Å². The average molecular weight is 343 g/mol. The maximum Gasteiger partial charge on any atom is 0.260 e. The molecule has 0 aromatic carbocycles. The van der Waals surface area contributed by atoms with Crippen molar-refractivity contribution < 1.29 is 8.42 Å². The molecule has 3 rings (SSSR count). The van der Waals surface area contributed by atoms with Crippen LogP contribution in [0, 0.1) is 0 Å². The Balaban J connectivity index is 1.98. The van der Waals surface area contributed by atoms with Crippen molar-refractivity contribution in [3.05, 3.63) is 46.8 Å². The second kappa shape index (κ2) is 5.38. The zero-order chi connectivity index (χ0) is 15.0. The molecule has 0 saturated heterocycles. The van der Waals surface area contributed by atoms with E-state index in [2.05, 4.69) is 14.7 Å². The van der Waals surface area contributed by atoms with Gasteiger partial charge >= 0.3 is 0 Å². The lowest BCUT2D eigenvalue weighted by Gasteiger charge is -2.14. The van der Waals surface area contributed by atoms with Crippen LogP contribution in [0.4, 0.5) is 0 Å². The molecule has 1 N–H and O–H groups in total. The smallest absolute Gasteiger partial charge is 0.260 e. The van der Waals surface area contributed by atoms with Crippen LogP contribution in [0.2, 0.25) is 5.15 Å². The van der Waals surface area contributed by atoms with E-state index in [1.54, 1.807) is 43.0 Å². The van der Waals surface area contributed by atoms with Gasteiger partial charge in [0.2, 0.25) is 0 Å². The highest BCUT2D eigenvalue weighted by Crippen LogP contribution is 2.26. The van der Waals surface area contributed by atoms with Gasteiger partial charge in [-0.2, -0.15) is 0 Å². The van der Waals surface area contributed by atoms with E-state index in [0.717, 1.165) is 5.56 Å². The van der Waals surface area contributed by atoms with Crippen LogP contribution in [0.5, 0.6) is 0 Å². The average Bonchev–Trinajstić information content (AvgIpc) is 2.98. The summed E-state index contributed by atoms with van der Waals surface area (Å²) >= 11 is 7.29. The minimum atomic E-state index is -3.79. The number of fused-ring (bicyclic) bond motifs is 1. The van der Waals surface area contributed by atoms with Crippen LogP contribution in [0.1, 0.15) is 18.5 Å². The first kappa shape index (κ1) is 14.5. The molecule has 0 spiro atoms. The predicted octanol–water partition coefficient (Wildman–Crippen LogP) is 2.48. The molecular weight excluding hydrogens is 332 g/mol. The van der Waals surface area contributed by atoms with Gasteiger partial charge < -0.3 is 0 Å². The zero-order valence-electron chi connectivity index (χ0n) is 10.9. The summed E-state index contributed by atoms with van der Waals surface area (Å²) in [5.74, 6) is 0. The number of hydrogen-bond acceptors (Lipinski definition) is 5. The van der Waals surface area contributed by atoms with E-state index in [9.17, 15) is 8.42 Å². The lowest BCUT2D eigenvalue weighted by molar-refractivity contribution is 0.562. The third-order valence-electron chi connectivity index (χ3n) is 2.97. The molecule has 0 radical (unpaired) electrons. The van der Waals surface area contributed by atoms with Crippen molar-refractivity contribution in [2.45, 2.75) is 18.0 Å². The van der Waals surface area contributed by atoms with Gasteiger partial charge in [-0.15, -0.1) is 11.3 Å². The van der Waals surface area contributed by atoms with Gasteiger partial charge in [-0.05, 0) is 24.6 Å². The molecule has 3 aromatic heterocycles. The van der Waals surface area contributed by atoms with E-state index in [0.29, 0.717) is 4.96 Å². The molecule has 1 atom stereocenters. The van der Waals surface area contributed by atoms with Crippen molar-refractivity contribution in [2.24, 2.45) is 0 Å². The Bertz CT molecular complexity index is 873. The molecule has 9 heteroatoms. The number of thiazole rings is 1. The van der Waals surface area contributed by atoms with E-state index >= 15 is 0 Å². The Labute approximate surface area is 130 Å². The van der Waals surface area contributed by atoms with E-state index in [1.807, 2.05) is 0 Å². The SMILES string of the molecule is CC(NS(=O)(=O)c1c(Cl)nc2sccn12)c1ccncc1. The van der Waals surface area contributed by atoms with Crippen LogP contribution in [-0.2, 0) is 10.0 Å². The summed E-state index contributed by atoms with van der Waals surface area (Å²) in [4.78, 5) is 8.49. The molecule has 6 nitrogen and oxygen atoms in total. The van der Waals surface area contributed by atoms with Gasteiger partial charge in [-0.3, -0.25) is 9.38 Å². The normalized spacial score (nSPS) is 13.6. The molecule has 0 amide bonds. The van der Waals surface area contributed by atoms with Crippen molar-refractivity contribution in [1.29, 1.82) is 0 Å². The molecule has 110 valence electrons. The summed E-state index contributed by atoms with van der Waals surface area (Å²) in [6.07, 6.45) is 4.86. The van der Waals surface area contributed by atoms with Gasteiger partial charge in [0.1, 0.15) is 0 Å². The number of hydrogen-bond donors (Lipinski definition) is 1. The van der Waals surface area contributed by atoms with Crippen molar-refractivity contribution >= 4 is 37.9 Å². The minimum absolute atomic E-state index is 0.0312. The maximum atomic E-state index is 12.5. The molecule has 0 aliphatic heterocycles. The van der Waals surface area contributed by atoms with Gasteiger partial charge in [0.05, 0.1) is 0 Å². The minimum Gasteiger partial charge on any atom is -0.279 e. The lowest BCUT2D eigenvalue weighted by atomic mass is 10.1. The molecule has 0 saturated carbocycles. The number of nitrogens with zero attached hydrogens (tertiary/aromatic N) is 3. The third kappa shape index (κ3) is 2.67. The van der Waals surface area contributed by atoms with E-state index in [1.165, 1.54) is 15.7 Å². The summed E-state index contributed by atoms with van der Waals surface area (Å²) in [6, 6.07) is 3.11. The Morgan fingerprint density at radius 2 is 2.10 bits per heavy atom. The highest BCUT2D eigenvalue weighted by atomic mass is 35.5. The van der Waals surface area contributed by atoms with Gasteiger partial charge in [-0.1, -0.05) is 11.6 Å². The fraction of sp³-hybridized carbons (Fsp3) is 0.167. The second-order valence-corrected chi connectivity index (χ2v) is 7.25. The number of aromatic nitrogens is 3. The Kier molecular flexibility index (Phi) is 3.70. The Morgan fingerprint density at radius 1 is 1.38 bits per heavy atom. The van der Waals surface area contributed by atoms with Gasteiger partial charge in [0.15, 0.2) is 15.1 Å². The Hall–Kier alpha value is -1.48. The van der Waals surface area contributed by atoms with Gasteiger partial charge in [0.25, 0.3) is 10.0 Å². The quantitative estimate of drug-likeness (QED) is 0.790. The van der Waals surface area contributed by atoms with Gasteiger partial charge in [0, 0.05) is 30.0 Å². The maximum absolute atomic E-state index is 12.5. The summed E-state index contributed by atoms with van der Waals surface area (Å²) in [7, 11) is -3.79. The van der Waals surface area contributed by atoms with E-state index < -0.39 is 16.1 Å². The number of halogens is 1. The highest BCUT2D eigenvalue weighted by Gasteiger charge is 2.26. The van der Waals surface area contributed by atoms with Crippen LogP contribution in [0.25, 0.3) is 4.96 Å². The zero-order valence-corrected chi connectivity index (χ0v) is 13.3. The fourth-order valence-corrected chi connectivity index (χ4v) is 4.67. The lowest BCUT2D eigenvalue weighted by Crippen LogP contribution is -2.28. The first-order chi connectivity index (χ1) is 9.99. The number of rotatable bonds is 4. The molecule has 0 fully saturated rings. The van der Waals surface area contributed by atoms with Crippen LogP contribution in [0.15, 0.2) is 41.1 Å². The number of imidazole rings is 1. The topological polar surface area (TPSA) is 76.4 Å². The molecule has 3 aromatic rings. The Morgan fingerprint density at radius 3 is 2.81 bits per heavy atom. The molecular formula is C12H11ClN4O2S2. The standard InChI is InChI=1S/C12H11ClN4O2S2/c1-8(9-2-4-14-5-3-9)16-21(18,19)11-10(13)15-12-17(11)6-7-20-12/h2-8,16H,1H3. The molecule has 0 aliphatic rings. The third-order valence-corrected chi connectivity index (χ3v) is 5.67. The summed E-state index contributed by atoms with van der Waals surface area (Å²) in [5, 5.41) is 1.68. The van der Waals surface area contributed by atoms with Crippen molar-refractivity contribution in [2.75, 3.05) is 0 Å². The summed E-state index contributed by atoms with van der Waals surface area (Å²) < 4.78 is 29.2. The van der Waals surface area contributed by atoms with Crippen molar-refractivity contribution in [3.8, 4) is 0 Å². The van der Waals surface area contributed by atoms with Crippen LogP contribution in [0.3, 0.4) is 0 Å². The largest absolute Gasteiger partial charge is 0.279 e.